The van der Waals surface area contributed by atoms with E-state index in [1.54, 1.807) is 6.07 Å². The van der Waals surface area contributed by atoms with Crippen LogP contribution in [-0.2, 0) is 13.2 Å². The SMILES string of the molecule is Cc1cc(C)c(NCc2ccc(CO)o2)c(Br)c1. The molecule has 2 N–H and O–H groups in total. The molecular weight excluding hydrogens is 294 g/mol. The number of aryl methyl sites for hydroxylation is 2. The molecule has 18 heavy (non-hydrogen) atoms. The van der Waals surface area contributed by atoms with Crippen molar-refractivity contribution in [1.29, 1.82) is 0 Å². The third-order valence-corrected chi connectivity index (χ3v) is 3.37. The van der Waals surface area contributed by atoms with Crippen LogP contribution in [0.3, 0.4) is 0 Å². The Kier molecular flexibility index (Phi) is 4.09. The van der Waals surface area contributed by atoms with Crippen molar-refractivity contribution < 1.29 is 9.52 Å². The summed E-state index contributed by atoms with van der Waals surface area (Å²) in [6.45, 7) is 4.68. The van der Waals surface area contributed by atoms with E-state index in [1.807, 2.05) is 6.07 Å². The van der Waals surface area contributed by atoms with Gasteiger partial charge in [-0.05, 0) is 59.1 Å². The van der Waals surface area contributed by atoms with Crippen LogP contribution in [0.1, 0.15) is 22.6 Å². The molecule has 0 radical (unpaired) electrons. The minimum absolute atomic E-state index is 0.0622. The quantitative estimate of drug-likeness (QED) is 0.904. The first-order chi connectivity index (χ1) is 8.60. The van der Waals surface area contributed by atoms with Gasteiger partial charge in [0.1, 0.15) is 18.1 Å². The van der Waals surface area contributed by atoms with Crippen molar-refractivity contribution in [3.05, 3.63) is 51.4 Å². The molecule has 4 heteroatoms. The summed E-state index contributed by atoms with van der Waals surface area (Å²) in [6, 6.07) is 7.87. The number of halogens is 1. The average molecular weight is 310 g/mol. The van der Waals surface area contributed by atoms with Gasteiger partial charge in [0.05, 0.1) is 12.2 Å². The van der Waals surface area contributed by atoms with Crippen LogP contribution in [0.5, 0.6) is 0 Å². The first kappa shape index (κ1) is 13.2. The normalized spacial score (nSPS) is 10.7. The van der Waals surface area contributed by atoms with Gasteiger partial charge in [-0.2, -0.15) is 0 Å². The van der Waals surface area contributed by atoms with E-state index in [9.17, 15) is 0 Å². The highest BCUT2D eigenvalue weighted by Crippen LogP contribution is 2.28. The number of rotatable bonds is 4. The molecule has 0 aliphatic carbocycles. The molecule has 2 aromatic rings. The molecule has 0 saturated carbocycles. The van der Waals surface area contributed by atoms with Crippen LogP contribution in [0.2, 0.25) is 0 Å². The Labute approximate surface area is 115 Å². The lowest BCUT2D eigenvalue weighted by molar-refractivity contribution is 0.244. The second kappa shape index (κ2) is 5.59. The van der Waals surface area contributed by atoms with E-state index < -0.39 is 0 Å². The first-order valence-corrected chi connectivity index (χ1v) is 6.58. The second-order valence-corrected chi connectivity index (χ2v) is 5.17. The first-order valence-electron chi connectivity index (χ1n) is 5.79. The highest BCUT2D eigenvalue weighted by atomic mass is 79.9. The van der Waals surface area contributed by atoms with Gasteiger partial charge in [-0.3, -0.25) is 0 Å². The van der Waals surface area contributed by atoms with E-state index in [2.05, 4.69) is 47.2 Å². The Morgan fingerprint density at radius 1 is 1.22 bits per heavy atom. The van der Waals surface area contributed by atoms with Crippen LogP contribution in [0.15, 0.2) is 33.2 Å². The predicted octanol–water partition coefficient (Wildman–Crippen LogP) is 3.76. The molecule has 3 nitrogen and oxygen atoms in total. The molecule has 96 valence electrons. The number of aliphatic hydroxyl groups excluding tert-OH is 1. The number of hydrogen-bond acceptors (Lipinski definition) is 3. The third kappa shape index (κ3) is 2.94. The van der Waals surface area contributed by atoms with E-state index in [1.165, 1.54) is 11.1 Å². The highest BCUT2D eigenvalue weighted by Gasteiger charge is 2.06. The van der Waals surface area contributed by atoms with Gasteiger partial charge in [0.25, 0.3) is 0 Å². The van der Waals surface area contributed by atoms with Gasteiger partial charge in [-0.1, -0.05) is 6.07 Å². The molecule has 0 aliphatic heterocycles. The van der Waals surface area contributed by atoms with E-state index in [0.717, 1.165) is 15.9 Å². The van der Waals surface area contributed by atoms with E-state index in [4.69, 9.17) is 9.52 Å². The van der Waals surface area contributed by atoms with Gasteiger partial charge in [-0.25, -0.2) is 0 Å². The summed E-state index contributed by atoms with van der Waals surface area (Å²) in [6.07, 6.45) is 0. The van der Waals surface area contributed by atoms with Crippen LogP contribution in [0, 0.1) is 13.8 Å². The lowest BCUT2D eigenvalue weighted by atomic mass is 10.1. The molecule has 2 rings (SSSR count). The summed E-state index contributed by atoms with van der Waals surface area (Å²) < 4.78 is 6.48. The molecule has 0 amide bonds. The molecule has 1 aromatic heterocycles. The van der Waals surface area contributed by atoms with Gasteiger partial charge in [0, 0.05) is 4.47 Å². The van der Waals surface area contributed by atoms with Crippen molar-refractivity contribution in [2.45, 2.75) is 27.0 Å². The van der Waals surface area contributed by atoms with Gasteiger partial charge in [0.15, 0.2) is 0 Å². The fourth-order valence-corrected chi connectivity index (χ4v) is 2.73. The van der Waals surface area contributed by atoms with Crippen molar-refractivity contribution in [2.75, 3.05) is 5.32 Å². The van der Waals surface area contributed by atoms with Gasteiger partial charge in [0.2, 0.25) is 0 Å². The molecule has 0 spiro atoms. The molecule has 0 fully saturated rings. The number of benzene rings is 1. The maximum atomic E-state index is 8.93. The standard InChI is InChI=1S/C14H16BrNO2/c1-9-5-10(2)14(13(15)6-9)16-7-11-3-4-12(8-17)18-11/h3-6,16-17H,7-8H2,1-2H3. The summed E-state index contributed by atoms with van der Waals surface area (Å²) in [5.74, 6) is 1.40. The van der Waals surface area contributed by atoms with Gasteiger partial charge >= 0.3 is 0 Å². The van der Waals surface area contributed by atoms with Crippen molar-refractivity contribution in [2.24, 2.45) is 0 Å². The van der Waals surface area contributed by atoms with Gasteiger partial charge in [-0.15, -0.1) is 0 Å². The van der Waals surface area contributed by atoms with Crippen LogP contribution >= 0.6 is 15.9 Å². The molecule has 0 bridgehead atoms. The number of nitrogens with one attached hydrogen (secondary N) is 1. The maximum Gasteiger partial charge on any atom is 0.129 e. The molecule has 1 aromatic carbocycles. The maximum absolute atomic E-state index is 8.93. The summed E-state index contributed by atoms with van der Waals surface area (Å²) in [5.41, 5.74) is 3.49. The van der Waals surface area contributed by atoms with Crippen LogP contribution in [0.25, 0.3) is 0 Å². The molecule has 0 atom stereocenters. The molecule has 0 aliphatic rings. The van der Waals surface area contributed by atoms with Crippen molar-refractivity contribution in [3.63, 3.8) is 0 Å². The fraction of sp³-hybridized carbons (Fsp3) is 0.286. The lowest BCUT2D eigenvalue weighted by Gasteiger charge is -2.11. The topological polar surface area (TPSA) is 45.4 Å². The zero-order valence-electron chi connectivity index (χ0n) is 10.5. The third-order valence-electron chi connectivity index (χ3n) is 2.74. The molecule has 0 unspecified atom stereocenters. The summed E-state index contributed by atoms with van der Waals surface area (Å²) in [5, 5.41) is 12.3. The second-order valence-electron chi connectivity index (χ2n) is 4.32. The minimum Gasteiger partial charge on any atom is -0.462 e. The van der Waals surface area contributed by atoms with E-state index in [0.29, 0.717) is 12.3 Å². The molecular formula is C14H16BrNO2. The van der Waals surface area contributed by atoms with Crippen molar-refractivity contribution in [3.8, 4) is 0 Å². The number of aliphatic hydroxyl groups is 1. The van der Waals surface area contributed by atoms with E-state index in [-0.39, 0.29) is 6.61 Å². The Bertz CT molecular complexity index is 525. The zero-order chi connectivity index (χ0) is 13.1. The summed E-state index contributed by atoms with van der Waals surface area (Å²) >= 11 is 3.56. The number of furan rings is 1. The smallest absolute Gasteiger partial charge is 0.129 e. The monoisotopic (exact) mass is 309 g/mol. The number of hydrogen-bond donors (Lipinski definition) is 2. The Balaban J connectivity index is 2.10. The fourth-order valence-electron chi connectivity index (χ4n) is 1.92. The molecule has 1 heterocycles. The Hall–Kier alpha value is -1.26. The van der Waals surface area contributed by atoms with Crippen molar-refractivity contribution >= 4 is 21.6 Å². The number of anilines is 1. The van der Waals surface area contributed by atoms with Crippen LogP contribution < -0.4 is 5.32 Å². The summed E-state index contributed by atoms with van der Waals surface area (Å²) in [4.78, 5) is 0. The minimum atomic E-state index is -0.0622. The van der Waals surface area contributed by atoms with Crippen LogP contribution in [-0.4, -0.2) is 5.11 Å². The highest BCUT2D eigenvalue weighted by molar-refractivity contribution is 9.10. The lowest BCUT2D eigenvalue weighted by Crippen LogP contribution is -2.01. The summed E-state index contributed by atoms with van der Waals surface area (Å²) in [7, 11) is 0. The zero-order valence-corrected chi connectivity index (χ0v) is 12.0. The Morgan fingerprint density at radius 3 is 2.56 bits per heavy atom. The van der Waals surface area contributed by atoms with Crippen molar-refractivity contribution in [1.82, 2.24) is 0 Å². The largest absolute Gasteiger partial charge is 0.462 e. The molecule has 0 saturated heterocycles. The van der Waals surface area contributed by atoms with E-state index >= 15 is 0 Å². The predicted molar refractivity (Wildman–Crippen MR) is 75.6 cm³/mol. The van der Waals surface area contributed by atoms with Gasteiger partial charge < -0.3 is 14.8 Å². The Morgan fingerprint density at radius 2 is 1.94 bits per heavy atom. The average Bonchev–Trinajstić information content (AvgIpc) is 2.75. The van der Waals surface area contributed by atoms with Crippen LogP contribution in [0.4, 0.5) is 5.69 Å².